The zero-order valence-corrected chi connectivity index (χ0v) is 15.1. The average Bonchev–Trinajstić information content (AvgIpc) is 3.32. The molecule has 7 nitrogen and oxygen atoms in total. The van der Waals surface area contributed by atoms with Crippen LogP contribution in [0, 0.1) is 0 Å². The Kier molecular flexibility index (Phi) is 4.63. The Balaban J connectivity index is 1.51. The first-order valence-electron chi connectivity index (χ1n) is 8.76. The van der Waals surface area contributed by atoms with Crippen LogP contribution in [-0.4, -0.2) is 28.8 Å². The van der Waals surface area contributed by atoms with Gasteiger partial charge >= 0.3 is 11.7 Å². The lowest BCUT2D eigenvalue weighted by Gasteiger charge is -2.02. The van der Waals surface area contributed by atoms with Crippen LogP contribution in [0.2, 0.25) is 0 Å². The number of H-pyrrole nitrogens is 2. The molecule has 0 atom stereocenters. The number of imidazole rings is 1. The van der Waals surface area contributed by atoms with E-state index in [1.54, 1.807) is 43.5 Å². The highest BCUT2D eigenvalue weighted by Crippen LogP contribution is 2.23. The van der Waals surface area contributed by atoms with Crippen LogP contribution >= 0.6 is 0 Å². The Labute approximate surface area is 159 Å². The summed E-state index contributed by atoms with van der Waals surface area (Å²) in [4.78, 5) is 32.8. The molecular weight excluding hydrogens is 358 g/mol. The van der Waals surface area contributed by atoms with Gasteiger partial charge in [-0.05, 0) is 49.4 Å². The van der Waals surface area contributed by atoms with E-state index in [1.807, 2.05) is 24.3 Å². The van der Waals surface area contributed by atoms with E-state index in [0.717, 1.165) is 11.1 Å². The maximum absolute atomic E-state index is 11.7. The van der Waals surface area contributed by atoms with Gasteiger partial charge in [0.05, 0.1) is 35.1 Å². The summed E-state index contributed by atoms with van der Waals surface area (Å²) in [6.45, 7) is 2.11. The summed E-state index contributed by atoms with van der Waals surface area (Å²) in [5.41, 5.74) is 3.22. The van der Waals surface area contributed by atoms with Gasteiger partial charge in [0, 0.05) is 5.56 Å². The molecule has 0 amide bonds. The fourth-order valence-electron chi connectivity index (χ4n) is 2.80. The number of nitrogens with one attached hydrogen (secondary N) is 2. The van der Waals surface area contributed by atoms with Gasteiger partial charge in [0.2, 0.25) is 0 Å². The highest BCUT2D eigenvalue weighted by atomic mass is 16.5. The molecule has 0 spiro atoms. The molecule has 0 saturated heterocycles. The Bertz CT molecular complexity index is 1210. The van der Waals surface area contributed by atoms with Gasteiger partial charge in [0.1, 0.15) is 11.5 Å². The summed E-state index contributed by atoms with van der Waals surface area (Å²) in [5, 5.41) is 0. The van der Waals surface area contributed by atoms with Crippen LogP contribution in [0.5, 0.6) is 0 Å². The van der Waals surface area contributed by atoms with Gasteiger partial charge in [-0.2, -0.15) is 0 Å². The number of aromatic nitrogens is 2. The summed E-state index contributed by atoms with van der Waals surface area (Å²) in [6.07, 6.45) is 1.61. The van der Waals surface area contributed by atoms with Crippen molar-refractivity contribution in [3.05, 3.63) is 76.4 Å². The van der Waals surface area contributed by atoms with Crippen molar-refractivity contribution in [1.82, 2.24) is 9.97 Å². The van der Waals surface area contributed by atoms with Gasteiger partial charge in [-0.15, -0.1) is 0 Å². The van der Waals surface area contributed by atoms with E-state index in [-0.39, 0.29) is 11.7 Å². The van der Waals surface area contributed by atoms with E-state index in [0.29, 0.717) is 34.9 Å². The van der Waals surface area contributed by atoms with Crippen molar-refractivity contribution in [2.75, 3.05) is 6.61 Å². The van der Waals surface area contributed by atoms with Crippen LogP contribution in [0.15, 0.2) is 68.8 Å². The summed E-state index contributed by atoms with van der Waals surface area (Å²) in [7, 11) is 0. The third kappa shape index (κ3) is 3.64. The third-order valence-electron chi connectivity index (χ3n) is 4.15. The molecule has 2 N–H and O–H groups in total. The minimum Gasteiger partial charge on any atom is -0.462 e. The number of esters is 1. The molecule has 0 aliphatic heterocycles. The van der Waals surface area contributed by atoms with Crippen molar-refractivity contribution in [2.24, 2.45) is 4.99 Å². The van der Waals surface area contributed by atoms with Crippen molar-refractivity contribution in [1.29, 1.82) is 0 Å². The highest BCUT2D eigenvalue weighted by Gasteiger charge is 2.08. The maximum atomic E-state index is 11.7. The SMILES string of the molecule is CCOC(=O)c1ccc(-c2ccc(C=Nc3ccc4[nH]c(=O)[nH]c4c3)o2)cc1. The minimum atomic E-state index is -0.345. The molecule has 2 aromatic carbocycles. The minimum absolute atomic E-state index is 0.249. The second-order valence-electron chi connectivity index (χ2n) is 6.07. The van der Waals surface area contributed by atoms with E-state index in [4.69, 9.17) is 9.15 Å². The first kappa shape index (κ1) is 17.5. The Hall–Kier alpha value is -3.87. The van der Waals surface area contributed by atoms with Crippen LogP contribution in [0.3, 0.4) is 0 Å². The molecule has 28 heavy (non-hydrogen) atoms. The number of benzene rings is 2. The van der Waals surface area contributed by atoms with Crippen molar-refractivity contribution in [2.45, 2.75) is 6.92 Å². The molecule has 0 aliphatic rings. The number of furan rings is 1. The van der Waals surface area contributed by atoms with Gasteiger partial charge in [0.15, 0.2) is 0 Å². The second-order valence-corrected chi connectivity index (χ2v) is 6.07. The molecule has 0 unspecified atom stereocenters. The summed E-state index contributed by atoms with van der Waals surface area (Å²) < 4.78 is 10.8. The van der Waals surface area contributed by atoms with Crippen molar-refractivity contribution in [3.8, 4) is 11.3 Å². The zero-order chi connectivity index (χ0) is 19.5. The normalized spacial score (nSPS) is 11.3. The van der Waals surface area contributed by atoms with Crippen molar-refractivity contribution < 1.29 is 13.9 Å². The molecule has 140 valence electrons. The zero-order valence-electron chi connectivity index (χ0n) is 15.1. The molecule has 0 bridgehead atoms. The van der Waals surface area contributed by atoms with Crippen LogP contribution in [-0.2, 0) is 4.74 Å². The molecule has 4 rings (SSSR count). The molecule has 0 radical (unpaired) electrons. The van der Waals surface area contributed by atoms with E-state index in [2.05, 4.69) is 15.0 Å². The molecular formula is C21H17N3O4. The lowest BCUT2D eigenvalue weighted by Crippen LogP contribution is -2.03. The predicted octanol–water partition coefficient (Wildman–Crippen LogP) is 4.04. The molecule has 4 aromatic rings. The number of aliphatic imine (C=N–C) groups is 1. The topological polar surface area (TPSA) is 100 Å². The number of rotatable bonds is 5. The molecule has 7 heteroatoms. The van der Waals surface area contributed by atoms with Crippen LogP contribution in [0.1, 0.15) is 23.0 Å². The van der Waals surface area contributed by atoms with Crippen LogP contribution in [0.4, 0.5) is 5.69 Å². The molecule has 0 fully saturated rings. The first-order chi connectivity index (χ1) is 13.6. The molecule has 2 aromatic heterocycles. The largest absolute Gasteiger partial charge is 0.462 e. The van der Waals surface area contributed by atoms with Gasteiger partial charge in [-0.3, -0.25) is 4.99 Å². The number of nitrogens with zero attached hydrogens (tertiary/aromatic N) is 1. The van der Waals surface area contributed by atoms with Crippen molar-refractivity contribution in [3.63, 3.8) is 0 Å². The highest BCUT2D eigenvalue weighted by molar-refractivity contribution is 5.90. The quantitative estimate of drug-likeness (QED) is 0.406. The van der Waals surface area contributed by atoms with Crippen LogP contribution in [0.25, 0.3) is 22.4 Å². The second kappa shape index (κ2) is 7.40. The van der Waals surface area contributed by atoms with Gasteiger partial charge in [-0.1, -0.05) is 12.1 Å². The Morgan fingerprint density at radius 3 is 2.64 bits per heavy atom. The third-order valence-corrected chi connectivity index (χ3v) is 4.15. The monoisotopic (exact) mass is 375 g/mol. The van der Waals surface area contributed by atoms with E-state index >= 15 is 0 Å². The number of hydrogen-bond acceptors (Lipinski definition) is 5. The van der Waals surface area contributed by atoms with E-state index in [9.17, 15) is 9.59 Å². The van der Waals surface area contributed by atoms with Crippen LogP contribution < -0.4 is 5.69 Å². The fourth-order valence-corrected chi connectivity index (χ4v) is 2.80. The number of ether oxygens (including phenoxy) is 1. The Morgan fingerprint density at radius 2 is 1.86 bits per heavy atom. The maximum Gasteiger partial charge on any atom is 0.338 e. The molecule has 2 heterocycles. The molecule has 0 saturated carbocycles. The van der Waals surface area contributed by atoms with E-state index < -0.39 is 0 Å². The lowest BCUT2D eigenvalue weighted by atomic mass is 10.1. The number of fused-ring (bicyclic) bond motifs is 1. The van der Waals surface area contributed by atoms with Gasteiger partial charge in [0.25, 0.3) is 0 Å². The predicted molar refractivity (Wildman–Crippen MR) is 106 cm³/mol. The summed E-state index contributed by atoms with van der Waals surface area (Å²) >= 11 is 0. The first-order valence-corrected chi connectivity index (χ1v) is 8.76. The summed E-state index contributed by atoms with van der Waals surface area (Å²) in [6, 6.07) is 16.1. The van der Waals surface area contributed by atoms with Crippen molar-refractivity contribution >= 4 is 28.9 Å². The smallest absolute Gasteiger partial charge is 0.338 e. The summed E-state index contributed by atoms with van der Waals surface area (Å²) in [5.74, 6) is 0.913. The fraction of sp³-hybridized carbons (Fsp3) is 0.0952. The molecule has 0 aliphatic carbocycles. The van der Waals surface area contributed by atoms with E-state index in [1.165, 1.54) is 0 Å². The Morgan fingerprint density at radius 1 is 1.07 bits per heavy atom. The standard InChI is InChI=1S/C21H17N3O4/c1-2-27-20(25)14-5-3-13(4-6-14)19-10-8-16(28-19)12-22-15-7-9-17-18(11-15)24-21(26)23-17/h3-12H,2H2,1H3,(H2,23,24,26). The number of aromatic amines is 2. The lowest BCUT2D eigenvalue weighted by molar-refractivity contribution is 0.0526. The van der Waals surface area contributed by atoms with Gasteiger partial charge in [-0.25, -0.2) is 9.59 Å². The number of hydrogen-bond donors (Lipinski definition) is 2. The number of carbonyl (C=O) groups excluding carboxylic acids is 1. The average molecular weight is 375 g/mol. The van der Waals surface area contributed by atoms with Gasteiger partial charge < -0.3 is 19.1 Å². The number of carbonyl (C=O) groups is 1.